The van der Waals surface area contributed by atoms with Crippen LogP contribution in [0.1, 0.15) is 31.7 Å². The number of carbonyl (C=O) groups excluding carboxylic acids is 1. The summed E-state index contributed by atoms with van der Waals surface area (Å²) in [6, 6.07) is 9.10. The molecule has 4 aliphatic heterocycles. The van der Waals surface area contributed by atoms with Gasteiger partial charge in [0.05, 0.1) is 30.1 Å². The molecule has 1 aliphatic carbocycles. The van der Waals surface area contributed by atoms with Crippen molar-refractivity contribution < 1.29 is 19.2 Å². The zero-order valence-electron chi connectivity index (χ0n) is 15.3. The molecule has 1 spiro atoms. The van der Waals surface area contributed by atoms with E-state index in [-0.39, 0.29) is 16.8 Å². The van der Waals surface area contributed by atoms with Crippen LogP contribution in [-0.4, -0.2) is 44.4 Å². The van der Waals surface area contributed by atoms with Crippen molar-refractivity contribution in [2.45, 2.75) is 49.9 Å². The number of para-hydroxylation sites is 1. The summed E-state index contributed by atoms with van der Waals surface area (Å²) in [5, 5.41) is 3.65. The van der Waals surface area contributed by atoms with Crippen LogP contribution in [0, 0.1) is 5.41 Å². The SMILES string of the molecule is CC[C@@]12CC(C(=O)OC)=C3Nc4ccccc4[C@@]34CC[NH+](C[C@@H]3O[C@@H]31)[C@@H]24. The second-order valence-corrected chi connectivity index (χ2v) is 8.64. The minimum absolute atomic E-state index is 0.0287. The molecule has 0 radical (unpaired) electrons. The van der Waals surface area contributed by atoms with E-state index in [1.165, 1.54) is 12.7 Å². The lowest BCUT2D eigenvalue weighted by Gasteiger charge is -2.51. The van der Waals surface area contributed by atoms with Gasteiger partial charge in [-0.1, -0.05) is 25.1 Å². The van der Waals surface area contributed by atoms with Gasteiger partial charge in [-0.15, -0.1) is 0 Å². The first kappa shape index (κ1) is 15.2. The molecule has 1 aromatic rings. The monoisotopic (exact) mass is 353 g/mol. The molecular formula is C21H25N2O3+. The summed E-state index contributed by atoms with van der Waals surface area (Å²) in [6.45, 7) is 4.54. The summed E-state index contributed by atoms with van der Waals surface area (Å²) in [7, 11) is 1.50. The van der Waals surface area contributed by atoms with Crippen LogP contribution in [0.25, 0.3) is 0 Å². The minimum atomic E-state index is -0.179. The number of anilines is 1. The van der Waals surface area contributed by atoms with Crippen molar-refractivity contribution in [1.82, 2.24) is 0 Å². The predicted molar refractivity (Wildman–Crippen MR) is 95.9 cm³/mol. The summed E-state index contributed by atoms with van der Waals surface area (Å²) in [5.74, 6) is -0.179. The molecule has 1 aromatic carbocycles. The molecule has 0 bridgehead atoms. The molecular weight excluding hydrogens is 328 g/mol. The van der Waals surface area contributed by atoms with Crippen molar-refractivity contribution in [2.75, 3.05) is 25.5 Å². The zero-order valence-corrected chi connectivity index (χ0v) is 15.3. The quantitative estimate of drug-likeness (QED) is 0.616. The number of benzene rings is 1. The third-order valence-electron chi connectivity index (χ3n) is 7.94. The molecule has 1 unspecified atom stereocenters. The van der Waals surface area contributed by atoms with E-state index in [2.05, 4.69) is 36.5 Å². The van der Waals surface area contributed by atoms with Gasteiger partial charge in [0.1, 0.15) is 24.8 Å². The maximum Gasteiger partial charge on any atom is 0.335 e. The molecule has 3 fully saturated rings. The van der Waals surface area contributed by atoms with Gasteiger partial charge in [-0.25, -0.2) is 4.79 Å². The average Bonchev–Trinajstić information content (AvgIpc) is 3.25. The topological polar surface area (TPSA) is 55.3 Å². The van der Waals surface area contributed by atoms with Crippen molar-refractivity contribution in [3.05, 3.63) is 41.1 Å². The highest BCUT2D eigenvalue weighted by Crippen LogP contribution is 2.64. The van der Waals surface area contributed by atoms with Crippen LogP contribution in [0.15, 0.2) is 35.5 Å². The minimum Gasteiger partial charge on any atom is -0.466 e. The Bertz CT molecular complexity index is 865. The van der Waals surface area contributed by atoms with Gasteiger partial charge in [0, 0.05) is 17.8 Å². The zero-order chi connectivity index (χ0) is 17.7. The molecule has 0 aromatic heterocycles. The van der Waals surface area contributed by atoms with E-state index in [9.17, 15) is 4.79 Å². The molecule has 2 N–H and O–H groups in total. The van der Waals surface area contributed by atoms with Gasteiger partial charge in [-0.2, -0.15) is 0 Å². The predicted octanol–water partition coefficient (Wildman–Crippen LogP) is 1.02. The number of ether oxygens (including phenoxy) is 2. The van der Waals surface area contributed by atoms with Crippen molar-refractivity contribution in [1.29, 1.82) is 0 Å². The largest absolute Gasteiger partial charge is 0.466 e. The number of esters is 1. The van der Waals surface area contributed by atoms with Crippen LogP contribution >= 0.6 is 0 Å². The fourth-order valence-electron chi connectivity index (χ4n) is 7.05. The number of carbonyl (C=O) groups is 1. The third kappa shape index (κ3) is 1.50. The Morgan fingerprint density at radius 2 is 2.27 bits per heavy atom. The number of fused-ring (bicyclic) bond motifs is 3. The smallest absolute Gasteiger partial charge is 0.335 e. The van der Waals surface area contributed by atoms with Crippen LogP contribution in [0.3, 0.4) is 0 Å². The number of nitrogens with one attached hydrogen (secondary N) is 2. The van der Waals surface area contributed by atoms with Crippen molar-refractivity contribution in [2.24, 2.45) is 5.41 Å². The first-order valence-corrected chi connectivity index (χ1v) is 9.84. The van der Waals surface area contributed by atoms with Gasteiger partial charge in [-0.3, -0.25) is 0 Å². The van der Waals surface area contributed by atoms with Gasteiger partial charge < -0.3 is 19.7 Å². The van der Waals surface area contributed by atoms with Crippen LogP contribution in [0.4, 0.5) is 5.69 Å². The summed E-state index contributed by atoms with van der Waals surface area (Å²) in [5.41, 5.74) is 4.43. The number of quaternary nitrogens is 1. The van der Waals surface area contributed by atoms with Crippen molar-refractivity contribution >= 4 is 11.7 Å². The van der Waals surface area contributed by atoms with Gasteiger partial charge in [0.15, 0.2) is 0 Å². The Balaban J connectivity index is 1.66. The van der Waals surface area contributed by atoms with Crippen LogP contribution in [0.2, 0.25) is 0 Å². The lowest BCUT2D eigenvalue weighted by molar-refractivity contribution is -0.926. The Hall–Kier alpha value is -1.85. The molecule has 0 amide bonds. The van der Waals surface area contributed by atoms with E-state index in [4.69, 9.17) is 9.47 Å². The summed E-state index contributed by atoms with van der Waals surface area (Å²) >= 11 is 0. The number of piperidine rings is 1. The van der Waals surface area contributed by atoms with E-state index < -0.39 is 0 Å². The van der Waals surface area contributed by atoms with Crippen LogP contribution in [-0.2, 0) is 19.7 Å². The molecule has 3 saturated heterocycles. The number of hydrogen-bond acceptors (Lipinski definition) is 4. The first-order valence-electron chi connectivity index (χ1n) is 9.84. The van der Waals surface area contributed by atoms with Gasteiger partial charge in [0.2, 0.25) is 0 Å². The molecule has 0 saturated carbocycles. The Morgan fingerprint density at radius 3 is 3.08 bits per heavy atom. The van der Waals surface area contributed by atoms with E-state index in [0.29, 0.717) is 18.2 Å². The Kier molecular flexibility index (Phi) is 2.75. The van der Waals surface area contributed by atoms with Gasteiger partial charge in [0.25, 0.3) is 0 Å². The summed E-state index contributed by atoms with van der Waals surface area (Å²) in [4.78, 5) is 14.5. The van der Waals surface area contributed by atoms with Gasteiger partial charge in [-0.05, 0) is 24.5 Å². The Labute approximate surface area is 153 Å². The molecule has 5 aliphatic rings. The number of hydrogen-bond donors (Lipinski definition) is 2. The Morgan fingerprint density at radius 1 is 1.42 bits per heavy atom. The number of rotatable bonds is 2. The lowest BCUT2D eigenvalue weighted by atomic mass is 9.53. The van der Waals surface area contributed by atoms with Crippen molar-refractivity contribution in [3.63, 3.8) is 0 Å². The van der Waals surface area contributed by atoms with Crippen LogP contribution < -0.4 is 10.2 Å². The highest BCUT2D eigenvalue weighted by Gasteiger charge is 2.76. The highest BCUT2D eigenvalue weighted by atomic mass is 16.6. The fraction of sp³-hybridized carbons (Fsp3) is 0.571. The maximum atomic E-state index is 12.8. The van der Waals surface area contributed by atoms with E-state index in [0.717, 1.165) is 49.3 Å². The molecule has 26 heavy (non-hydrogen) atoms. The molecule has 6 rings (SSSR count). The molecule has 4 heterocycles. The van der Waals surface area contributed by atoms with Gasteiger partial charge >= 0.3 is 5.97 Å². The molecule has 136 valence electrons. The molecule has 5 heteroatoms. The summed E-state index contributed by atoms with van der Waals surface area (Å²) < 4.78 is 11.4. The van der Waals surface area contributed by atoms with Crippen molar-refractivity contribution in [3.8, 4) is 0 Å². The summed E-state index contributed by atoms with van der Waals surface area (Å²) in [6.07, 6.45) is 3.57. The molecule has 5 nitrogen and oxygen atoms in total. The maximum absolute atomic E-state index is 12.8. The van der Waals surface area contributed by atoms with E-state index >= 15 is 0 Å². The number of methoxy groups -OCH3 is 1. The van der Waals surface area contributed by atoms with E-state index in [1.807, 2.05) is 0 Å². The second-order valence-electron chi connectivity index (χ2n) is 8.64. The third-order valence-corrected chi connectivity index (χ3v) is 7.94. The normalized spacial score (nSPS) is 43.8. The lowest BCUT2D eigenvalue weighted by Crippen LogP contribution is -3.18. The highest BCUT2D eigenvalue weighted by molar-refractivity contribution is 5.93. The molecule has 6 atom stereocenters. The fourth-order valence-corrected chi connectivity index (χ4v) is 7.05. The standard InChI is InChI=1S/C21H24N2O3/c1-3-20-10-12(18(24)25-2)16-21(13-6-4-5-7-14(13)22-16)8-9-23(19(20)21)11-15-17(20)26-15/h4-7,15,17,19,22H,3,8-11H2,1-2H3/p+1/t15-,17-,19-,20+,21-/m0/s1. The number of epoxide rings is 1. The average molecular weight is 353 g/mol. The second kappa shape index (κ2) is 4.70. The first-order chi connectivity index (χ1) is 12.7. The van der Waals surface area contributed by atoms with E-state index in [1.54, 1.807) is 4.90 Å². The van der Waals surface area contributed by atoms with Crippen LogP contribution in [0.5, 0.6) is 0 Å².